The number of hydrogen-bond donors (Lipinski definition) is 1. The van der Waals surface area contributed by atoms with Crippen molar-refractivity contribution >= 4 is 15.9 Å². The van der Waals surface area contributed by atoms with Crippen LogP contribution in [0.25, 0.3) is 0 Å². The normalized spacial score (nSPS) is 24.8. The standard InChI is InChI=1S/C11H14BrNO/c1-14-8-2-3-9(11(12)5-8)10-4-7(10)6-13/h2-3,5,7,10H,4,6,13H2,1H3. The first-order valence-electron chi connectivity index (χ1n) is 4.79. The van der Waals surface area contributed by atoms with Gasteiger partial charge in [-0.3, -0.25) is 0 Å². The van der Waals surface area contributed by atoms with Crippen molar-refractivity contribution in [2.45, 2.75) is 12.3 Å². The third-order valence-corrected chi connectivity index (χ3v) is 3.52. The van der Waals surface area contributed by atoms with E-state index in [-0.39, 0.29) is 0 Å². The molecule has 1 aromatic rings. The van der Waals surface area contributed by atoms with Gasteiger partial charge in [-0.15, -0.1) is 0 Å². The fraction of sp³-hybridized carbons (Fsp3) is 0.455. The Balaban J connectivity index is 2.19. The molecule has 2 atom stereocenters. The third-order valence-electron chi connectivity index (χ3n) is 2.83. The summed E-state index contributed by atoms with van der Waals surface area (Å²) >= 11 is 3.56. The van der Waals surface area contributed by atoms with E-state index in [2.05, 4.69) is 22.0 Å². The van der Waals surface area contributed by atoms with Crippen molar-refractivity contribution in [1.29, 1.82) is 0 Å². The highest BCUT2D eigenvalue weighted by atomic mass is 79.9. The van der Waals surface area contributed by atoms with Gasteiger partial charge in [-0.25, -0.2) is 0 Å². The first kappa shape index (κ1) is 9.99. The summed E-state index contributed by atoms with van der Waals surface area (Å²) in [6.07, 6.45) is 1.22. The Hall–Kier alpha value is -0.540. The Morgan fingerprint density at radius 2 is 2.36 bits per heavy atom. The van der Waals surface area contributed by atoms with Gasteiger partial charge in [0.25, 0.3) is 0 Å². The first-order valence-corrected chi connectivity index (χ1v) is 5.59. The molecule has 0 bridgehead atoms. The van der Waals surface area contributed by atoms with E-state index in [9.17, 15) is 0 Å². The molecule has 3 heteroatoms. The van der Waals surface area contributed by atoms with Crippen LogP contribution in [0, 0.1) is 5.92 Å². The maximum Gasteiger partial charge on any atom is 0.120 e. The molecule has 0 aliphatic heterocycles. The van der Waals surface area contributed by atoms with Crippen LogP contribution < -0.4 is 10.5 Å². The van der Waals surface area contributed by atoms with Gasteiger partial charge in [0.05, 0.1) is 7.11 Å². The maximum absolute atomic E-state index is 5.63. The lowest BCUT2D eigenvalue weighted by Crippen LogP contribution is -2.02. The van der Waals surface area contributed by atoms with Crippen molar-refractivity contribution in [2.24, 2.45) is 11.7 Å². The van der Waals surface area contributed by atoms with Crippen molar-refractivity contribution in [1.82, 2.24) is 0 Å². The predicted molar refractivity (Wildman–Crippen MR) is 60.6 cm³/mol. The fourth-order valence-electron chi connectivity index (χ4n) is 1.82. The Kier molecular flexibility index (Phi) is 2.79. The number of methoxy groups -OCH3 is 1. The maximum atomic E-state index is 5.63. The van der Waals surface area contributed by atoms with Gasteiger partial charge >= 0.3 is 0 Å². The molecule has 0 aromatic heterocycles. The minimum Gasteiger partial charge on any atom is -0.497 e. The molecule has 14 heavy (non-hydrogen) atoms. The van der Waals surface area contributed by atoms with E-state index in [1.165, 1.54) is 12.0 Å². The summed E-state index contributed by atoms with van der Waals surface area (Å²) < 4.78 is 6.29. The van der Waals surface area contributed by atoms with E-state index in [0.717, 1.165) is 16.8 Å². The molecule has 2 unspecified atom stereocenters. The van der Waals surface area contributed by atoms with E-state index in [1.54, 1.807) is 7.11 Å². The van der Waals surface area contributed by atoms with E-state index in [4.69, 9.17) is 10.5 Å². The van der Waals surface area contributed by atoms with Crippen LogP contribution in [0.1, 0.15) is 17.9 Å². The van der Waals surface area contributed by atoms with Crippen LogP contribution in [0.3, 0.4) is 0 Å². The molecular formula is C11H14BrNO. The molecule has 2 rings (SSSR count). The molecule has 2 nitrogen and oxygen atoms in total. The second kappa shape index (κ2) is 3.91. The highest BCUT2D eigenvalue weighted by Crippen LogP contribution is 2.49. The molecule has 0 heterocycles. The van der Waals surface area contributed by atoms with Gasteiger partial charge in [0.1, 0.15) is 5.75 Å². The number of hydrogen-bond acceptors (Lipinski definition) is 2. The predicted octanol–water partition coefficient (Wildman–Crippen LogP) is 2.52. The zero-order valence-electron chi connectivity index (χ0n) is 8.16. The number of benzene rings is 1. The van der Waals surface area contributed by atoms with Crippen molar-refractivity contribution in [3.63, 3.8) is 0 Å². The molecule has 1 aliphatic rings. The zero-order valence-corrected chi connectivity index (χ0v) is 9.75. The van der Waals surface area contributed by atoms with Gasteiger partial charge in [-0.05, 0) is 42.5 Å². The molecule has 1 fully saturated rings. The second-order valence-electron chi connectivity index (χ2n) is 3.73. The molecule has 1 saturated carbocycles. The van der Waals surface area contributed by atoms with Gasteiger partial charge in [0.15, 0.2) is 0 Å². The number of rotatable bonds is 3. The topological polar surface area (TPSA) is 35.2 Å². The highest BCUT2D eigenvalue weighted by molar-refractivity contribution is 9.10. The average Bonchev–Trinajstić information content (AvgIpc) is 2.96. The summed E-state index contributed by atoms with van der Waals surface area (Å²) in [5.74, 6) is 2.23. The Bertz CT molecular complexity index is 340. The molecule has 1 aromatic carbocycles. The Morgan fingerprint density at radius 3 is 2.86 bits per heavy atom. The van der Waals surface area contributed by atoms with Crippen molar-refractivity contribution in [3.05, 3.63) is 28.2 Å². The summed E-state index contributed by atoms with van der Waals surface area (Å²) in [5.41, 5.74) is 6.99. The lowest BCUT2D eigenvalue weighted by Gasteiger charge is -2.05. The van der Waals surface area contributed by atoms with Crippen LogP contribution in [0.4, 0.5) is 0 Å². The first-order chi connectivity index (χ1) is 6.76. The molecule has 1 aliphatic carbocycles. The fourth-order valence-corrected chi connectivity index (χ4v) is 2.48. The zero-order chi connectivity index (χ0) is 10.1. The van der Waals surface area contributed by atoms with Gasteiger partial charge in [0.2, 0.25) is 0 Å². The van der Waals surface area contributed by atoms with Crippen molar-refractivity contribution < 1.29 is 4.74 Å². The average molecular weight is 256 g/mol. The van der Waals surface area contributed by atoms with Crippen LogP contribution in [0.15, 0.2) is 22.7 Å². The molecule has 76 valence electrons. The number of halogens is 1. The molecular weight excluding hydrogens is 242 g/mol. The smallest absolute Gasteiger partial charge is 0.120 e. The van der Waals surface area contributed by atoms with Crippen molar-refractivity contribution in [2.75, 3.05) is 13.7 Å². The lowest BCUT2D eigenvalue weighted by atomic mass is 10.1. The van der Waals surface area contributed by atoms with E-state index < -0.39 is 0 Å². The monoisotopic (exact) mass is 255 g/mol. The second-order valence-corrected chi connectivity index (χ2v) is 4.58. The molecule has 0 amide bonds. The number of ether oxygens (including phenoxy) is 1. The Labute approximate surface area is 92.6 Å². The van der Waals surface area contributed by atoms with Crippen LogP contribution in [0.2, 0.25) is 0 Å². The van der Waals surface area contributed by atoms with Gasteiger partial charge in [-0.2, -0.15) is 0 Å². The van der Waals surface area contributed by atoms with Crippen molar-refractivity contribution in [3.8, 4) is 5.75 Å². The van der Waals surface area contributed by atoms with Crippen LogP contribution in [-0.2, 0) is 0 Å². The van der Waals surface area contributed by atoms with Crippen LogP contribution in [0.5, 0.6) is 5.75 Å². The summed E-state index contributed by atoms with van der Waals surface area (Å²) in [5, 5.41) is 0. The van der Waals surface area contributed by atoms with E-state index >= 15 is 0 Å². The lowest BCUT2D eigenvalue weighted by molar-refractivity contribution is 0.414. The van der Waals surface area contributed by atoms with E-state index in [1.807, 2.05) is 12.1 Å². The molecule has 2 N–H and O–H groups in total. The SMILES string of the molecule is COc1ccc(C2CC2CN)c(Br)c1. The third kappa shape index (κ3) is 1.79. The van der Waals surface area contributed by atoms with Gasteiger partial charge in [0, 0.05) is 4.47 Å². The minimum absolute atomic E-state index is 0.653. The Morgan fingerprint density at radius 1 is 1.57 bits per heavy atom. The van der Waals surface area contributed by atoms with Gasteiger partial charge < -0.3 is 10.5 Å². The van der Waals surface area contributed by atoms with Crippen LogP contribution >= 0.6 is 15.9 Å². The summed E-state index contributed by atoms with van der Waals surface area (Å²) in [7, 11) is 1.68. The molecule has 0 saturated heterocycles. The van der Waals surface area contributed by atoms with E-state index in [0.29, 0.717) is 11.8 Å². The highest BCUT2D eigenvalue weighted by Gasteiger charge is 2.37. The summed E-state index contributed by atoms with van der Waals surface area (Å²) in [4.78, 5) is 0. The quantitative estimate of drug-likeness (QED) is 0.901. The molecule has 0 spiro atoms. The van der Waals surface area contributed by atoms with Gasteiger partial charge in [-0.1, -0.05) is 22.0 Å². The number of nitrogens with two attached hydrogens (primary N) is 1. The largest absolute Gasteiger partial charge is 0.497 e. The molecule has 0 radical (unpaired) electrons. The minimum atomic E-state index is 0.653. The van der Waals surface area contributed by atoms with Crippen LogP contribution in [-0.4, -0.2) is 13.7 Å². The summed E-state index contributed by atoms with van der Waals surface area (Å²) in [6, 6.07) is 6.15. The summed E-state index contributed by atoms with van der Waals surface area (Å²) in [6.45, 7) is 0.795.